The molecule has 160 valence electrons. The number of fused-ring (bicyclic) bond motifs is 1. The Hall–Kier alpha value is -2.88. The summed E-state index contributed by atoms with van der Waals surface area (Å²) in [6.07, 6.45) is 1.23. The molecule has 0 radical (unpaired) electrons. The van der Waals surface area contributed by atoms with Gasteiger partial charge in [0, 0.05) is 30.1 Å². The van der Waals surface area contributed by atoms with Crippen LogP contribution in [0.5, 0.6) is 0 Å². The minimum atomic E-state index is -0.678. The van der Waals surface area contributed by atoms with E-state index in [1.807, 2.05) is 0 Å². The number of anilines is 2. The fourth-order valence-electron chi connectivity index (χ4n) is 2.69. The Morgan fingerprint density at radius 3 is 2.55 bits per heavy atom. The molecule has 0 unspecified atom stereocenters. The summed E-state index contributed by atoms with van der Waals surface area (Å²) < 4.78 is 23.6. The standard InChI is InChI=1S/C21H17ClFN3O3S2/c1-11(22)30-12(2)31-26-21(28)25-14-5-6-15(18(23)8-14)17-10-29-19-9-13(24-3)4-7-16(19)20(17)27/h4-10,24H,1-2H2,3H3,(H2,25,26,28). The van der Waals surface area contributed by atoms with E-state index in [9.17, 15) is 14.0 Å². The van der Waals surface area contributed by atoms with Crippen molar-refractivity contribution in [2.24, 2.45) is 0 Å². The zero-order valence-electron chi connectivity index (χ0n) is 16.3. The van der Waals surface area contributed by atoms with Crippen molar-refractivity contribution >= 4 is 63.7 Å². The third kappa shape index (κ3) is 5.63. The number of rotatable bonds is 7. The van der Waals surface area contributed by atoms with Gasteiger partial charge in [0.05, 0.1) is 19.6 Å². The highest BCUT2D eigenvalue weighted by Crippen LogP contribution is 2.32. The van der Waals surface area contributed by atoms with Gasteiger partial charge in [-0.1, -0.05) is 36.5 Å². The average molecular weight is 478 g/mol. The highest BCUT2D eigenvalue weighted by atomic mass is 35.5. The molecule has 0 aliphatic rings. The summed E-state index contributed by atoms with van der Waals surface area (Å²) in [7, 11) is 1.75. The van der Waals surface area contributed by atoms with Gasteiger partial charge >= 0.3 is 6.03 Å². The van der Waals surface area contributed by atoms with E-state index in [0.29, 0.717) is 19.6 Å². The predicted octanol–water partition coefficient (Wildman–Crippen LogP) is 6.32. The van der Waals surface area contributed by atoms with E-state index in [0.717, 1.165) is 35.5 Å². The molecule has 1 aromatic heterocycles. The number of nitrogens with one attached hydrogen (secondary N) is 3. The van der Waals surface area contributed by atoms with Gasteiger partial charge in [0.15, 0.2) is 0 Å². The van der Waals surface area contributed by atoms with Gasteiger partial charge in [-0.25, -0.2) is 9.18 Å². The van der Waals surface area contributed by atoms with Crippen molar-refractivity contribution in [2.75, 3.05) is 17.7 Å². The van der Waals surface area contributed by atoms with Crippen LogP contribution >= 0.6 is 35.3 Å². The van der Waals surface area contributed by atoms with Crippen LogP contribution in [0.2, 0.25) is 0 Å². The maximum Gasteiger partial charge on any atom is 0.329 e. The van der Waals surface area contributed by atoms with Gasteiger partial charge in [0.25, 0.3) is 0 Å². The van der Waals surface area contributed by atoms with Gasteiger partial charge in [0.1, 0.15) is 17.7 Å². The fraction of sp³-hybridized carbons (Fsp3) is 0.0476. The van der Waals surface area contributed by atoms with Gasteiger partial charge in [-0.3, -0.25) is 9.52 Å². The summed E-state index contributed by atoms with van der Waals surface area (Å²) >= 11 is 7.70. The van der Waals surface area contributed by atoms with E-state index in [1.165, 1.54) is 18.4 Å². The van der Waals surface area contributed by atoms with E-state index in [4.69, 9.17) is 16.0 Å². The first-order chi connectivity index (χ1) is 14.8. The molecule has 3 aromatic rings. The topological polar surface area (TPSA) is 83.4 Å². The second kappa shape index (κ2) is 9.95. The highest BCUT2D eigenvalue weighted by Gasteiger charge is 2.14. The van der Waals surface area contributed by atoms with Crippen molar-refractivity contribution in [1.29, 1.82) is 0 Å². The monoisotopic (exact) mass is 477 g/mol. The third-order valence-corrected chi connectivity index (χ3v) is 5.76. The number of urea groups is 1. The van der Waals surface area contributed by atoms with Crippen molar-refractivity contribution < 1.29 is 13.6 Å². The van der Waals surface area contributed by atoms with E-state index in [-0.39, 0.29) is 22.2 Å². The average Bonchev–Trinajstić information content (AvgIpc) is 2.72. The van der Waals surface area contributed by atoms with Gasteiger partial charge in [-0.2, -0.15) is 0 Å². The number of thioether (sulfide) groups is 1. The molecule has 2 aromatic carbocycles. The Labute approximate surface area is 191 Å². The number of halogens is 2. The van der Waals surface area contributed by atoms with Crippen LogP contribution in [-0.2, 0) is 0 Å². The van der Waals surface area contributed by atoms with Gasteiger partial charge < -0.3 is 15.1 Å². The summed E-state index contributed by atoms with van der Waals surface area (Å²) in [5.74, 6) is -0.678. The van der Waals surface area contributed by atoms with Crippen LogP contribution in [0.3, 0.4) is 0 Å². The Morgan fingerprint density at radius 1 is 1.13 bits per heavy atom. The maximum atomic E-state index is 14.7. The van der Waals surface area contributed by atoms with E-state index >= 15 is 0 Å². The normalized spacial score (nSPS) is 10.5. The van der Waals surface area contributed by atoms with Crippen LogP contribution in [-0.4, -0.2) is 13.1 Å². The molecule has 10 heteroatoms. The van der Waals surface area contributed by atoms with E-state index < -0.39 is 11.8 Å². The molecule has 31 heavy (non-hydrogen) atoms. The Bertz CT molecular complexity index is 1250. The molecule has 0 atom stereocenters. The number of benzene rings is 2. The molecule has 0 bridgehead atoms. The predicted molar refractivity (Wildman–Crippen MR) is 129 cm³/mol. The summed E-state index contributed by atoms with van der Waals surface area (Å²) in [5, 5.41) is 5.80. The molecule has 0 saturated heterocycles. The van der Waals surface area contributed by atoms with Crippen LogP contribution in [0.1, 0.15) is 0 Å². The largest absolute Gasteiger partial charge is 0.463 e. The second-order valence-corrected chi connectivity index (χ2v) is 9.15. The Kier molecular flexibility index (Phi) is 7.32. The first-order valence-corrected chi connectivity index (χ1v) is 10.8. The van der Waals surface area contributed by atoms with Crippen LogP contribution < -0.4 is 20.8 Å². The van der Waals surface area contributed by atoms with Crippen LogP contribution in [0.25, 0.3) is 22.1 Å². The molecule has 0 aliphatic carbocycles. The Balaban J connectivity index is 1.77. The summed E-state index contributed by atoms with van der Waals surface area (Å²) in [6, 6.07) is 8.49. The van der Waals surface area contributed by atoms with Gasteiger partial charge in [-0.15, -0.1) is 0 Å². The van der Waals surface area contributed by atoms with E-state index in [1.54, 1.807) is 25.2 Å². The highest BCUT2D eigenvalue weighted by molar-refractivity contribution is 8.24. The zero-order chi connectivity index (χ0) is 22.5. The number of hydrogen-bond donors (Lipinski definition) is 3. The number of carbonyl (C=O) groups is 1. The first-order valence-electron chi connectivity index (χ1n) is 8.76. The zero-order valence-corrected chi connectivity index (χ0v) is 18.6. The molecule has 2 amide bonds. The van der Waals surface area contributed by atoms with Gasteiger partial charge in [-0.05, 0) is 42.3 Å². The second-order valence-electron chi connectivity index (χ2n) is 6.12. The van der Waals surface area contributed by atoms with E-state index in [2.05, 4.69) is 28.5 Å². The lowest BCUT2D eigenvalue weighted by Crippen LogP contribution is -2.22. The first kappa shape index (κ1) is 22.8. The molecule has 0 saturated carbocycles. The molecule has 3 rings (SSSR count). The molecular formula is C21H17ClFN3O3S2. The quantitative estimate of drug-likeness (QED) is 0.345. The van der Waals surface area contributed by atoms with Crippen LogP contribution in [0.4, 0.5) is 20.6 Å². The van der Waals surface area contributed by atoms with Crippen molar-refractivity contribution in [3.8, 4) is 11.1 Å². The fourth-order valence-corrected chi connectivity index (χ4v) is 4.20. The SMILES string of the molecule is C=C(Cl)SC(=C)SNC(=O)Nc1ccc(-c2coc3cc(NC)ccc3c2=O)c(F)c1. The minimum Gasteiger partial charge on any atom is -0.463 e. The molecule has 6 nitrogen and oxygen atoms in total. The Morgan fingerprint density at radius 2 is 1.87 bits per heavy atom. The smallest absolute Gasteiger partial charge is 0.329 e. The third-order valence-electron chi connectivity index (χ3n) is 4.06. The van der Waals surface area contributed by atoms with Crippen molar-refractivity contribution in [2.45, 2.75) is 0 Å². The van der Waals surface area contributed by atoms with Crippen molar-refractivity contribution in [3.63, 3.8) is 0 Å². The minimum absolute atomic E-state index is 0.0686. The van der Waals surface area contributed by atoms with Gasteiger partial charge in [0.2, 0.25) is 5.43 Å². The number of hydrogen-bond acceptors (Lipinski definition) is 6. The summed E-state index contributed by atoms with van der Waals surface area (Å²) in [6.45, 7) is 7.22. The molecule has 0 spiro atoms. The van der Waals surface area contributed by atoms with Crippen LogP contribution in [0.15, 0.2) is 73.6 Å². The lowest BCUT2D eigenvalue weighted by atomic mass is 10.0. The van der Waals surface area contributed by atoms with Crippen molar-refractivity contribution in [3.05, 3.63) is 80.5 Å². The lowest BCUT2D eigenvalue weighted by Gasteiger charge is -2.10. The number of carbonyl (C=O) groups excluding carboxylic acids is 1. The molecular weight excluding hydrogens is 461 g/mol. The maximum absolute atomic E-state index is 14.7. The molecule has 0 aliphatic heterocycles. The number of amides is 2. The van der Waals surface area contributed by atoms with Crippen molar-refractivity contribution in [1.82, 2.24) is 4.72 Å². The lowest BCUT2D eigenvalue weighted by molar-refractivity contribution is 0.257. The summed E-state index contributed by atoms with van der Waals surface area (Å²) in [5.41, 5.74) is 1.20. The molecule has 0 fully saturated rings. The molecule has 3 N–H and O–H groups in total. The molecule has 1 heterocycles. The summed E-state index contributed by atoms with van der Waals surface area (Å²) in [4.78, 5) is 24.8. The van der Waals surface area contributed by atoms with Crippen LogP contribution in [0, 0.1) is 5.82 Å².